The quantitative estimate of drug-likeness (QED) is 0.941. The molecule has 5 heteroatoms. The maximum absolute atomic E-state index is 8.89. The van der Waals surface area contributed by atoms with Crippen LogP contribution < -0.4 is 10.5 Å². The largest absolute Gasteiger partial charge is 0.482 e. The first-order valence-corrected chi connectivity index (χ1v) is 6.47. The maximum Gasteiger partial charge on any atom is 0.166 e. The molecule has 0 bridgehead atoms. The summed E-state index contributed by atoms with van der Waals surface area (Å²) in [6.07, 6.45) is 1.40. The number of nitrogens with two attached hydrogens (primary N) is 1. The Kier molecular flexibility index (Phi) is 4.03. The Morgan fingerprint density at radius 1 is 1.42 bits per heavy atom. The van der Waals surface area contributed by atoms with Crippen molar-refractivity contribution in [1.82, 2.24) is 4.98 Å². The van der Waals surface area contributed by atoms with E-state index in [1.54, 1.807) is 24.4 Å². The minimum Gasteiger partial charge on any atom is -0.482 e. The summed E-state index contributed by atoms with van der Waals surface area (Å²) in [4.78, 5) is 4.01. The van der Waals surface area contributed by atoms with Crippen LogP contribution in [0.2, 0.25) is 0 Å². The monoisotopic (exact) mass is 317 g/mol. The van der Waals surface area contributed by atoms with Gasteiger partial charge in [-0.1, -0.05) is 12.1 Å². The molecule has 0 aliphatic rings. The van der Waals surface area contributed by atoms with Gasteiger partial charge in [0.05, 0.1) is 11.6 Å². The number of hydrogen-bond acceptors (Lipinski definition) is 4. The minimum atomic E-state index is -0.216. The van der Waals surface area contributed by atoms with Crippen LogP contribution in [0.5, 0.6) is 5.75 Å². The van der Waals surface area contributed by atoms with Gasteiger partial charge >= 0.3 is 0 Å². The number of nitriles is 1. The molecular formula is C14H12BrN3O. The molecule has 1 aromatic carbocycles. The van der Waals surface area contributed by atoms with Crippen molar-refractivity contribution in [2.75, 3.05) is 5.73 Å². The Labute approximate surface area is 120 Å². The highest BCUT2D eigenvalue weighted by Crippen LogP contribution is 2.28. The summed E-state index contributed by atoms with van der Waals surface area (Å²) >= 11 is 3.32. The predicted octanol–water partition coefficient (Wildman–Crippen LogP) is 3.44. The van der Waals surface area contributed by atoms with Gasteiger partial charge < -0.3 is 10.5 Å². The molecule has 0 aliphatic carbocycles. The van der Waals surface area contributed by atoms with Crippen molar-refractivity contribution in [2.24, 2.45) is 0 Å². The highest BCUT2D eigenvalue weighted by Gasteiger charge is 2.11. The summed E-state index contributed by atoms with van der Waals surface area (Å²) in [6.45, 7) is 1.90. The van der Waals surface area contributed by atoms with Crippen molar-refractivity contribution < 1.29 is 4.74 Å². The second-order valence-corrected chi connectivity index (χ2v) is 4.95. The number of nitrogen functional groups attached to an aromatic ring is 1. The van der Waals surface area contributed by atoms with Crippen LogP contribution in [0, 0.1) is 11.3 Å². The molecule has 2 rings (SSSR count). The van der Waals surface area contributed by atoms with Crippen LogP contribution in [-0.2, 0) is 0 Å². The van der Waals surface area contributed by atoms with Crippen LogP contribution in [0.3, 0.4) is 0 Å². The van der Waals surface area contributed by atoms with E-state index in [4.69, 9.17) is 15.7 Å². The van der Waals surface area contributed by atoms with E-state index in [0.717, 1.165) is 10.0 Å². The third kappa shape index (κ3) is 3.24. The zero-order valence-electron chi connectivity index (χ0n) is 10.3. The number of anilines is 1. The van der Waals surface area contributed by atoms with Gasteiger partial charge in [0.25, 0.3) is 0 Å². The SMILES string of the molecule is C[C@@H](Oc1cc(Br)cnc1N)c1cccc(C#N)c1. The van der Waals surface area contributed by atoms with Gasteiger partial charge in [0, 0.05) is 10.7 Å². The van der Waals surface area contributed by atoms with Gasteiger partial charge in [0.15, 0.2) is 11.6 Å². The number of hydrogen-bond donors (Lipinski definition) is 1. The third-order valence-electron chi connectivity index (χ3n) is 2.64. The van der Waals surface area contributed by atoms with Gasteiger partial charge in [-0.15, -0.1) is 0 Å². The molecule has 0 radical (unpaired) electrons. The molecule has 0 saturated carbocycles. The summed E-state index contributed by atoms with van der Waals surface area (Å²) in [6, 6.07) is 11.2. The van der Waals surface area contributed by atoms with E-state index < -0.39 is 0 Å². The second-order valence-electron chi connectivity index (χ2n) is 4.03. The zero-order valence-corrected chi connectivity index (χ0v) is 11.9. The summed E-state index contributed by atoms with van der Waals surface area (Å²) in [5, 5.41) is 8.89. The average Bonchev–Trinajstić information content (AvgIpc) is 2.43. The molecule has 1 aromatic heterocycles. The number of pyridine rings is 1. The lowest BCUT2D eigenvalue weighted by Crippen LogP contribution is -2.06. The highest BCUT2D eigenvalue weighted by atomic mass is 79.9. The van der Waals surface area contributed by atoms with Gasteiger partial charge in [-0.2, -0.15) is 5.26 Å². The number of nitrogens with zero attached hydrogens (tertiary/aromatic N) is 2. The first kappa shape index (κ1) is 13.4. The Balaban J connectivity index is 2.23. The van der Waals surface area contributed by atoms with Crippen molar-refractivity contribution in [2.45, 2.75) is 13.0 Å². The minimum absolute atomic E-state index is 0.216. The lowest BCUT2D eigenvalue weighted by molar-refractivity contribution is 0.227. The van der Waals surface area contributed by atoms with E-state index in [2.05, 4.69) is 27.0 Å². The Hall–Kier alpha value is -2.06. The molecule has 2 N–H and O–H groups in total. The summed E-state index contributed by atoms with van der Waals surface area (Å²) in [7, 11) is 0. The Morgan fingerprint density at radius 3 is 2.95 bits per heavy atom. The van der Waals surface area contributed by atoms with Crippen molar-refractivity contribution in [3.63, 3.8) is 0 Å². The molecule has 0 amide bonds. The van der Waals surface area contributed by atoms with Crippen molar-refractivity contribution in [3.05, 3.63) is 52.1 Å². The van der Waals surface area contributed by atoms with Gasteiger partial charge in [0.2, 0.25) is 0 Å². The fraction of sp³-hybridized carbons (Fsp3) is 0.143. The normalized spacial score (nSPS) is 11.6. The molecule has 0 unspecified atom stereocenters. The second kappa shape index (κ2) is 5.72. The number of aromatic nitrogens is 1. The zero-order chi connectivity index (χ0) is 13.8. The van der Waals surface area contributed by atoms with E-state index in [0.29, 0.717) is 17.1 Å². The number of halogens is 1. The lowest BCUT2D eigenvalue weighted by Gasteiger charge is -2.16. The van der Waals surface area contributed by atoms with Gasteiger partial charge in [-0.05, 0) is 46.6 Å². The summed E-state index contributed by atoms with van der Waals surface area (Å²) in [5.74, 6) is 0.857. The Bertz CT molecular complexity index is 637. The van der Waals surface area contributed by atoms with Crippen molar-refractivity contribution >= 4 is 21.7 Å². The van der Waals surface area contributed by atoms with E-state index in [9.17, 15) is 0 Å². The molecule has 19 heavy (non-hydrogen) atoms. The molecule has 96 valence electrons. The molecular weight excluding hydrogens is 306 g/mol. The topological polar surface area (TPSA) is 71.9 Å². The van der Waals surface area contributed by atoms with Crippen LogP contribution in [-0.4, -0.2) is 4.98 Å². The lowest BCUT2D eigenvalue weighted by atomic mass is 10.1. The molecule has 0 aliphatic heterocycles. The molecule has 1 heterocycles. The number of benzene rings is 1. The van der Waals surface area contributed by atoms with Gasteiger partial charge in [-0.3, -0.25) is 0 Å². The highest BCUT2D eigenvalue weighted by molar-refractivity contribution is 9.10. The molecule has 2 aromatic rings. The summed E-state index contributed by atoms with van der Waals surface area (Å²) < 4.78 is 6.59. The van der Waals surface area contributed by atoms with E-state index >= 15 is 0 Å². The van der Waals surface area contributed by atoms with Crippen molar-refractivity contribution in [1.29, 1.82) is 5.26 Å². The first-order valence-electron chi connectivity index (χ1n) is 5.68. The maximum atomic E-state index is 8.89. The first-order chi connectivity index (χ1) is 9.10. The van der Waals surface area contributed by atoms with Crippen LogP contribution >= 0.6 is 15.9 Å². The summed E-state index contributed by atoms with van der Waals surface area (Å²) in [5.41, 5.74) is 7.28. The molecule has 0 saturated heterocycles. The predicted molar refractivity (Wildman–Crippen MR) is 76.5 cm³/mol. The van der Waals surface area contributed by atoms with Gasteiger partial charge in [0.1, 0.15) is 6.10 Å². The fourth-order valence-corrected chi connectivity index (χ4v) is 1.96. The third-order valence-corrected chi connectivity index (χ3v) is 3.07. The fourth-order valence-electron chi connectivity index (χ4n) is 1.65. The van der Waals surface area contributed by atoms with Crippen molar-refractivity contribution in [3.8, 4) is 11.8 Å². The van der Waals surface area contributed by atoms with E-state index in [1.165, 1.54) is 0 Å². The number of ether oxygens (including phenoxy) is 1. The molecule has 0 fully saturated rings. The Morgan fingerprint density at radius 2 is 2.21 bits per heavy atom. The van der Waals surface area contributed by atoms with Crippen LogP contribution in [0.15, 0.2) is 41.0 Å². The molecule has 1 atom stereocenters. The number of rotatable bonds is 3. The van der Waals surface area contributed by atoms with E-state index in [1.807, 2.05) is 19.1 Å². The molecule has 0 spiro atoms. The van der Waals surface area contributed by atoms with Gasteiger partial charge in [-0.25, -0.2) is 4.98 Å². The standard InChI is InChI=1S/C14H12BrN3O/c1-9(11-4-2-3-10(5-11)7-16)19-13-6-12(15)8-18-14(13)17/h2-6,8-9H,1H3,(H2,17,18)/t9-/m1/s1. The van der Waals surface area contributed by atoms with E-state index in [-0.39, 0.29) is 6.10 Å². The van der Waals surface area contributed by atoms with Crippen LogP contribution in [0.25, 0.3) is 0 Å². The van der Waals surface area contributed by atoms with Crippen LogP contribution in [0.4, 0.5) is 5.82 Å². The average molecular weight is 318 g/mol. The van der Waals surface area contributed by atoms with Crippen LogP contribution in [0.1, 0.15) is 24.2 Å². The molecule has 4 nitrogen and oxygen atoms in total. The smallest absolute Gasteiger partial charge is 0.166 e.